The average molecular weight is 514 g/mol. The third-order valence-corrected chi connectivity index (χ3v) is 6.70. The molecule has 2 amide bonds. The molecule has 1 aliphatic heterocycles. The van der Waals surface area contributed by atoms with Crippen molar-refractivity contribution in [1.82, 2.24) is 9.80 Å². The summed E-state index contributed by atoms with van der Waals surface area (Å²) in [5, 5.41) is 2.78. The summed E-state index contributed by atoms with van der Waals surface area (Å²) < 4.78 is 22.6. The molecule has 0 saturated carbocycles. The monoisotopic (exact) mass is 513 g/mol. The number of nitrogens with one attached hydrogen (secondary N) is 1. The van der Waals surface area contributed by atoms with E-state index in [9.17, 15) is 9.59 Å². The number of benzene rings is 2. The van der Waals surface area contributed by atoms with Crippen LogP contribution < -0.4 is 14.8 Å². The number of hydrogen-bond acceptors (Lipinski definition) is 7. The normalized spacial score (nSPS) is 21.3. The minimum atomic E-state index is -0.285. The Bertz CT molecular complexity index is 1060. The number of likely N-dealkylation sites (N-methyl/N-ethyl adjacent to an activating group) is 1. The van der Waals surface area contributed by atoms with E-state index in [2.05, 4.69) is 30.1 Å². The Labute approximate surface area is 219 Å². The van der Waals surface area contributed by atoms with Gasteiger partial charge in [-0.1, -0.05) is 25.1 Å². The van der Waals surface area contributed by atoms with E-state index in [4.69, 9.17) is 18.9 Å². The van der Waals surface area contributed by atoms with Crippen LogP contribution >= 0.6 is 0 Å². The van der Waals surface area contributed by atoms with E-state index in [1.54, 1.807) is 44.4 Å². The zero-order chi connectivity index (χ0) is 26.9. The molecule has 3 atom stereocenters. The SMILES string of the molecule is COCC(=O)Nc1ccc2c(c1)OC[C@@H](C)N(Cc1ccccc1OC)C[C@H](C)[C@H](OC)CN(C)C2=O. The molecule has 2 aromatic rings. The van der Waals surface area contributed by atoms with Crippen molar-refractivity contribution in [2.45, 2.75) is 32.5 Å². The van der Waals surface area contributed by atoms with Crippen LogP contribution in [0.2, 0.25) is 0 Å². The summed E-state index contributed by atoms with van der Waals surface area (Å²) in [6, 6.07) is 13.1. The number of methoxy groups -OCH3 is 3. The Balaban J connectivity index is 1.95. The van der Waals surface area contributed by atoms with Gasteiger partial charge >= 0.3 is 0 Å². The van der Waals surface area contributed by atoms with Gasteiger partial charge in [0.15, 0.2) is 0 Å². The molecule has 0 fully saturated rings. The number of amides is 2. The molecule has 1 N–H and O–H groups in total. The van der Waals surface area contributed by atoms with Gasteiger partial charge in [-0.25, -0.2) is 0 Å². The van der Waals surface area contributed by atoms with Crippen molar-refractivity contribution in [3.8, 4) is 11.5 Å². The van der Waals surface area contributed by atoms with E-state index in [1.807, 2.05) is 18.2 Å². The van der Waals surface area contributed by atoms with Crippen molar-refractivity contribution in [1.29, 1.82) is 0 Å². The molecule has 0 aromatic heterocycles. The van der Waals surface area contributed by atoms with Crippen molar-refractivity contribution in [2.75, 3.05) is 60.0 Å². The number of fused-ring (bicyclic) bond motifs is 1. The van der Waals surface area contributed by atoms with Crippen molar-refractivity contribution in [3.05, 3.63) is 53.6 Å². The Kier molecular flexibility index (Phi) is 10.3. The van der Waals surface area contributed by atoms with Crippen LogP contribution in [0.3, 0.4) is 0 Å². The van der Waals surface area contributed by atoms with Crippen LogP contribution in [0.15, 0.2) is 42.5 Å². The Morgan fingerprint density at radius 1 is 1.11 bits per heavy atom. The molecular formula is C28H39N3O6. The first kappa shape index (κ1) is 28.4. The van der Waals surface area contributed by atoms with Crippen LogP contribution in [0.1, 0.15) is 29.8 Å². The molecule has 9 nitrogen and oxygen atoms in total. The molecule has 0 radical (unpaired) electrons. The highest BCUT2D eigenvalue weighted by atomic mass is 16.5. The molecule has 37 heavy (non-hydrogen) atoms. The lowest BCUT2D eigenvalue weighted by Crippen LogP contribution is -2.46. The highest BCUT2D eigenvalue weighted by molar-refractivity contribution is 5.98. The molecule has 2 aromatic carbocycles. The minimum absolute atomic E-state index is 0.0108. The summed E-state index contributed by atoms with van der Waals surface area (Å²) in [6.07, 6.45) is -0.155. The summed E-state index contributed by atoms with van der Waals surface area (Å²) >= 11 is 0. The second kappa shape index (κ2) is 13.4. The third-order valence-electron chi connectivity index (χ3n) is 6.70. The lowest BCUT2D eigenvalue weighted by Gasteiger charge is -2.36. The maximum Gasteiger partial charge on any atom is 0.257 e. The third kappa shape index (κ3) is 7.44. The fraction of sp³-hybridized carbons (Fsp3) is 0.500. The first-order valence-electron chi connectivity index (χ1n) is 12.5. The van der Waals surface area contributed by atoms with Gasteiger partial charge in [-0.05, 0) is 31.0 Å². The number of carbonyl (C=O) groups is 2. The molecule has 202 valence electrons. The predicted molar refractivity (Wildman–Crippen MR) is 142 cm³/mol. The molecule has 9 heteroatoms. The van der Waals surface area contributed by atoms with E-state index in [-0.39, 0.29) is 36.5 Å². The summed E-state index contributed by atoms with van der Waals surface area (Å²) in [5.74, 6) is 0.948. The maximum absolute atomic E-state index is 13.4. The molecule has 3 rings (SSSR count). The second-order valence-electron chi connectivity index (χ2n) is 9.53. The largest absolute Gasteiger partial charge is 0.496 e. The molecule has 1 heterocycles. The van der Waals surface area contributed by atoms with Gasteiger partial charge in [0, 0.05) is 64.3 Å². The number of ether oxygens (including phenoxy) is 4. The molecule has 0 unspecified atom stereocenters. The fourth-order valence-corrected chi connectivity index (χ4v) is 4.53. The first-order chi connectivity index (χ1) is 17.8. The molecule has 0 spiro atoms. The smallest absolute Gasteiger partial charge is 0.257 e. The van der Waals surface area contributed by atoms with Crippen LogP contribution in [-0.4, -0.2) is 88.4 Å². The zero-order valence-electron chi connectivity index (χ0n) is 22.7. The topological polar surface area (TPSA) is 89.6 Å². The molecular weight excluding hydrogens is 474 g/mol. The van der Waals surface area contributed by atoms with Gasteiger partial charge in [0.2, 0.25) is 5.91 Å². The number of hydrogen-bond donors (Lipinski definition) is 1. The molecule has 0 saturated heterocycles. The fourth-order valence-electron chi connectivity index (χ4n) is 4.53. The predicted octanol–water partition coefficient (Wildman–Crippen LogP) is 3.29. The number of anilines is 1. The molecule has 0 aliphatic carbocycles. The Morgan fingerprint density at radius 3 is 2.57 bits per heavy atom. The molecule has 1 aliphatic rings. The lowest BCUT2D eigenvalue weighted by atomic mass is 10.0. The van der Waals surface area contributed by atoms with Gasteiger partial charge in [0.05, 0.1) is 18.8 Å². The van der Waals surface area contributed by atoms with E-state index in [0.29, 0.717) is 36.7 Å². The summed E-state index contributed by atoms with van der Waals surface area (Å²) in [5.41, 5.74) is 2.05. The van der Waals surface area contributed by atoms with E-state index in [0.717, 1.165) is 17.9 Å². The zero-order valence-corrected chi connectivity index (χ0v) is 22.7. The van der Waals surface area contributed by atoms with E-state index in [1.165, 1.54) is 7.11 Å². The minimum Gasteiger partial charge on any atom is -0.496 e. The summed E-state index contributed by atoms with van der Waals surface area (Å²) in [7, 11) is 6.59. The second-order valence-corrected chi connectivity index (χ2v) is 9.53. The van der Waals surface area contributed by atoms with Crippen LogP contribution in [0.5, 0.6) is 11.5 Å². The van der Waals surface area contributed by atoms with Gasteiger partial charge in [-0.3, -0.25) is 14.5 Å². The van der Waals surface area contributed by atoms with Crippen LogP contribution in [0.25, 0.3) is 0 Å². The highest BCUT2D eigenvalue weighted by Crippen LogP contribution is 2.28. The van der Waals surface area contributed by atoms with Crippen LogP contribution in [-0.2, 0) is 20.8 Å². The quantitative estimate of drug-likeness (QED) is 0.608. The van der Waals surface area contributed by atoms with Gasteiger partial charge in [0.25, 0.3) is 5.91 Å². The van der Waals surface area contributed by atoms with Gasteiger partial charge in [-0.15, -0.1) is 0 Å². The maximum atomic E-state index is 13.4. The van der Waals surface area contributed by atoms with Gasteiger partial charge in [0.1, 0.15) is 24.7 Å². The van der Waals surface area contributed by atoms with Gasteiger partial charge in [-0.2, -0.15) is 0 Å². The van der Waals surface area contributed by atoms with Crippen molar-refractivity contribution in [2.24, 2.45) is 5.92 Å². The van der Waals surface area contributed by atoms with E-state index >= 15 is 0 Å². The van der Waals surface area contributed by atoms with Crippen LogP contribution in [0.4, 0.5) is 5.69 Å². The van der Waals surface area contributed by atoms with Gasteiger partial charge < -0.3 is 29.2 Å². The van der Waals surface area contributed by atoms with Crippen molar-refractivity contribution >= 4 is 17.5 Å². The number of nitrogens with zero attached hydrogens (tertiary/aromatic N) is 2. The molecule has 0 bridgehead atoms. The lowest BCUT2D eigenvalue weighted by molar-refractivity contribution is -0.119. The summed E-state index contributed by atoms with van der Waals surface area (Å²) in [6.45, 7) is 6.37. The standard InChI is InChI=1S/C28H39N3O6/c1-19-14-31(15-21-9-7-8-10-24(21)35-5)20(2)17-37-25-13-22(29-27(32)18-34-4)11-12-23(25)28(33)30(3)16-26(19)36-6/h7-13,19-20,26H,14-18H2,1-6H3,(H,29,32)/t19-,20+,26+/m0/s1. The number of para-hydroxylation sites is 1. The van der Waals surface area contributed by atoms with Crippen LogP contribution in [0, 0.1) is 5.92 Å². The number of carbonyl (C=O) groups excluding carboxylic acids is 2. The summed E-state index contributed by atoms with van der Waals surface area (Å²) in [4.78, 5) is 29.4. The highest BCUT2D eigenvalue weighted by Gasteiger charge is 2.29. The first-order valence-corrected chi connectivity index (χ1v) is 12.5. The Morgan fingerprint density at radius 2 is 1.86 bits per heavy atom. The average Bonchev–Trinajstić information content (AvgIpc) is 2.89. The van der Waals surface area contributed by atoms with Crippen molar-refractivity contribution in [3.63, 3.8) is 0 Å². The number of rotatable bonds is 7. The Hall–Kier alpha value is -3.14. The van der Waals surface area contributed by atoms with E-state index < -0.39 is 0 Å². The van der Waals surface area contributed by atoms with Crippen molar-refractivity contribution < 1.29 is 28.5 Å².